The molecule has 0 fully saturated rings. The van der Waals surface area contributed by atoms with Crippen molar-refractivity contribution in [1.82, 2.24) is 9.88 Å². The second-order valence-electron chi connectivity index (χ2n) is 7.16. The molecule has 1 unspecified atom stereocenters. The Labute approximate surface area is 169 Å². The van der Waals surface area contributed by atoms with Crippen LogP contribution in [0.3, 0.4) is 0 Å². The van der Waals surface area contributed by atoms with Crippen molar-refractivity contribution in [1.29, 1.82) is 0 Å². The van der Waals surface area contributed by atoms with E-state index >= 15 is 0 Å². The summed E-state index contributed by atoms with van der Waals surface area (Å²) in [5, 5.41) is 3.42. The number of ether oxygens (including phenoxy) is 2. The standard InChI is InChI=1S/C21H17BrN2O4/c1-11-4-13-6-14(22)7-15-19(13)24(11)9-16(20(15)25)21(26)23-8-12-2-3-17-18(5-12)28-10-27-17/h2-3,5-7,9,11H,4,8,10H2,1H3,(H,23,26). The highest BCUT2D eigenvalue weighted by molar-refractivity contribution is 9.10. The molecule has 2 aliphatic rings. The van der Waals surface area contributed by atoms with Gasteiger partial charge in [0, 0.05) is 28.6 Å². The molecule has 6 nitrogen and oxygen atoms in total. The molecule has 0 saturated heterocycles. The highest BCUT2D eigenvalue weighted by Crippen LogP contribution is 2.34. The molecule has 142 valence electrons. The van der Waals surface area contributed by atoms with E-state index in [0.717, 1.165) is 27.5 Å². The van der Waals surface area contributed by atoms with Crippen LogP contribution in [0, 0.1) is 0 Å². The fourth-order valence-corrected chi connectivity index (χ4v) is 4.46. The van der Waals surface area contributed by atoms with Crippen molar-refractivity contribution in [3.05, 3.63) is 67.9 Å². The van der Waals surface area contributed by atoms with Gasteiger partial charge in [0.2, 0.25) is 12.2 Å². The van der Waals surface area contributed by atoms with Crippen LogP contribution in [0.5, 0.6) is 11.5 Å². The lowest BCUT2D eigenvalue weighted by Crippen LogP contribution is -2.29. The Balaban J connectivity index is 1.47. The summed E-state index contributed by atoms with van der Waals surface area (Å²) >= 11 is 3.48. The summed E-state index contributed by atoms with van der Waals surface area (Å²) in [6.07, 6.45) is 2.53. The van der Waals surface area contributed by atoms with Crippen LogP contribution in [0.1, 0.15) is 34.5 Å². The highest BCUT2D eigenvalue weighted by atomic mass is 79.9. The number of fused-ring (bicyclic) bond motifs is 1. The molecule has 7 heteroatoms. The minimum atomic E-state index is -0.381. The predicted molar refractivity (Wildman–Crippen MR) is 108 cm³/mol. The van der Waals surface area contributed by atoms with E-state index in [-0.39, 0.29) is 29.7 Å². The monoisotopic (exact) mass is 440 g/mol. The molecule has 1 atom stereocenters. The summed E-state index contributed by atoms with van der Waals surface area (Å²) in [4.78, 5) is 25.8. The van der Waals surface area contributed by atoms with E-state index in [4.69, 9.17) is 9.47 Å². The van der Waals surface area contributed by atoms with Crippen LogP contribution in [0.2, 0.25) is 0 Å². The summed E-state index contributed by atoms with van der Waals surface area (Å²) in [6, 6.07) is 9.56. The zero-order valence-electron chi connectivity index (χ0n) is 15.1. The number of hydrogen-bond donors (Lipinski definition) is 1. The lowest BCUT2D eigenvalue weighted by molar-refractivity contribution is 0.0949. The quantitative estimate of drug-likeness (QED) is 0.675. The number of rotatable bonds is 3. The number of hydrogen-bond acceptors (Lipinski definition) is 4. The zero-order chi connectivity index (χ0) is 19.4. The van der Waals surface area contributed by atoms with E-state index < -0.39 is 0 Å². The molecular weight excluding hydrogens is 424 g/mol. The minimum absolute atomic E-state index is 0.158. The molecule has 2 aliphatic heterocycles. The summed E-state index contributed by atoms with van der Waals surface area (Å²) in [6.45, 7) is 2.59. The molecule has 2 aromatic carbocycles. The number of amides is 1. The predicted octanol–water partition coefficient (Wildman–Crippen LogP) is 3.54. The first-order valence-corrected chi connectivity index (χ1v) is 9.84. The Kier molecular flexibility index (Phi) is 3.94. The van der Waals surface area contributed by atoms with Crippen molar-refractivity contribution >= 4 is 32.7 Å². The molecular formula is C21H17BrN2O4. The fourth-order valence-electron chi connectivity index (χ4n) is 3.95. The van der Waals surface area contributed by atoms with Gasteiger partial charge in [-0.15, -0.1) is 0 Å². The third-order valence-corrected chi connectivity index (χ3v) is 5.75. The number of nitrogens with zero attached hydrogens (tertiary/aromatic N) is 1. The lowest BCUT2D eigenvalue weighted by Gasteiger charge is -2.13. The van der Waals surface area contributed by atoms with Gasteiger partial charge in [-0.25, -0.2) is 0 Å². The van der Waals surface area contributed by atoms with Crippen LogP contribution in [0.4, 0.5) is 0 Å². The van der Waals surface area contributed by atoms with Crippen LogP contribution < -0.4 is 20.2 Å². The van der Waals surface area contributed by atoms with Gasteiger partial charge in [-0.2, -0.15) is 0 Å². The van der Waals surface area contributed by atoms with E-state index in [0.29, 0.717) is 23.4 Å². The van der Waals surface area contributed by atoms with E-state index in [1.165, 1.54) is 0 Å². The van der Waals surface area contributed by atoms with Crippen molar-refractivity contribution in [3.63, 3.8) is 0 Å². The molecule has 3 heterocycles. The first-order chi connectivity index (χ1) is 13.5. The Morgan fingerprint density at radius 1 is 1.25 bits per heavy atom. The maximum absolute atomic E-state index is 13.0. The Hall–Kier alpha value is -2.80. The maximum atomic E-state index is 13.0. The van der Waals surface area contributed by atoms with Gasteiger partial charge in [0.05, 0.1) is 5.52 Å². The van der Waals surface area contributed by atoms with Crippen molar-refractivity contribution in [2.45, 2.75) is 25.9 Å². The molecule has 0 saturated carbocycles. The Bertz CT molecular complexity index is 1200. The van der Waals surface area contributed by atoms with Crippen molar-refractivity contribution in [2.75, 3.05) is 6.79 Å². The summed E-state index contributed by atoms with van der Waals surface area (Å²) in [5.41, 5.74) is 2.84. The number of halogens is 1. The molecule has 1 N–H and O–H groups in total. The maximum Gasteiger partial charge on any atom is 0.257 e. The zero-order valence-corrected chi connectivity index (χ0v) is 16.7. The molecule has 0 radical (unpaired) electrons. The molecule has 5 rings (SSSR count). The third kappa shape index (κ3) is 2.69. The van der Waals surface area contributed by atoms with E-state index in [2.05, 4.69) is 28.2 Å². The van der Waals surface area contributed by atoms with Gasteiger partial charge in [-0.05, 0) is 48.7 Å². The molecule has 3 aromatic rings. The number of pyridine rings is 1. The fraction of sp³-hybridized carbons (Fsp3) is 0.238. The normalized spacial score (nSPS) is 16.6. The number of nitrogens with one attached hydrogen (secondary N) is 1. The molecule has 0 aliphatic carbocycles. The van der Waals surface area contributed by atoms with Gasteiger partial charge in [0.25, 0.3) is 5.91 Å². The van der Waals surface area contributed by atoms with Gasteiger partial charge in [0.1, 0.15) is 5.56 Å². The van der Waals surface area contributed by atoms with Crippen molar-refractivity contribution in [3.8, 4) is 11.5 Å². The van der Waals surface area contributed by atoms with E-state index in [9.17, 15) is 9.59 Å². The Morgan fingerprint density at radius 3 is 2.93 bits per heavy atom. The lowest BCUT2D eigenvalue weighted by atomic mass is 10.1. The molecule has 28 heavy (non-hydrogen) atoms. The SMILES string of the molecule is CC1Cc2cc(Br)cc3c(=O)c(C(=O)NCc4ccc5c(c4)OCO5)cn1c23. The van der Waals surface area contributed by atoms with Gasteiger partial charge in [-0.3, -0.25) is 9.59 Å². The van der Waals surface area contributed by atoms with Crippen molar-refractivity contribution in [2.24, 2.45) is 0 Å². The summed E-state index contributed by atoms with van der Waals surface area (Å²) in [7, 11) is 0. The molecule has 1 aromatic heterocycles. The van der Waals surface area contributed by atoms with E-state index in [1.54, 1.807) is 12.3 Å². The highest BCUT2D eigenvalue weighted by Gasteiger charge is 2.25. The molecule has 0 spiro atoms. The van der Waals surface area contributed by atoms with Crippen molar-refractivity contribution < 1.29 is 14.3 Å². The topological polar surface area (TPSA) is 69.6 Å². The van der Waals surface area contributed by atoms with Gasteiger partial charge < -0.3 is 19.4 Å². The first-order valence-electron chi connectivity index (χ1n) is 9.05. The average Bonchev–Trinajstić information content (AvgIpc) is 3.26. The van der Waals surface area contributed by atoms with Gasteiger partial charge in [-0.1, -0.05) is 22.0 Å². The third-order valence-electron chi connectivity index (χ3n) is 5.29. The van der Waals surface area contributed by atoms with Crippen LogP contribution in [-0.4, -0.2) is 17.3 Å². The number of carbonyl (C=O) groups excluding carboxylic acids is 1. The Morgan fingerprint density at radius 2 is 2.07 bits per heavy atom. The summed E-state index contributed by atoms with van der Waals surface area (Å²) in [5.74, 6) is 0.979. The second kappa shape index (κ2) is 6.38. The van der Waals surface area contributed by atoms with E-state index in [1.807, 2.05) is 28.8 Å². The molecule has 1 amide bonds. The average molecular weight is 441 g/mol. The number of carbonyl (C=O) groups is 1. The van der Waals surface area contributed by atoms with Gasteiger partial charge >= 0.3 is 0 Å². The first kappa shape index (κ1) is 17.3. The largest absolute Gasteiger partial charge is 0.454 e. The number of benzene rings is 2. The number of aromatic nitrogens is 1. The minimum Gasteiger partial charge on any atom is -0.454 e. The van der Waals surface area contributed by atoms with Crippen LogP contribution in [-0.2, 0) is 13.0 Å². The smallest absolute Gasteiger partial charge is 0.257 e. The molecule has 0 bridgehead atoms. The summed E-state index contributed by atoms with van der Waals surface area (Å²) < 4.78 is 13.5. The van der Waals surface area contributed by atoms with Crippen LogP contribution in [0.15, 0.2) is 45.8 Å². The van der Waals surface area contributed by atoms with Crippen LogP contribution >= 0.6 is 15.9 Å². The van der Waals surface area contributed by atoms with Gasteiger partial charge in [0.15, 0.2) is 11.5 Å². The second-order valence-corrected chi connectivity index (χ2v) is 8.08. The van der Waals surface area contributed by atoms with Crippen LogP contribution in [0.25, 0.3) is 10.9 Å².